The maximum Gasteiger partial charge on any atom is 0.164 e. The number of anilines is 1. The lowest BCUT2D eigenvalue weighted by molar-refractivity contribution is 0.337. The van der Waals surface area contributed by atoms with Crippen LogP contribution in [-0.4, -0.2) is 45.4 Å². The molecule has 0 bridgehead atoms. The molecule has 6 nitrogen and oxygen atoms in total. The Kier molecular flexibility index (Phi) is 7.61. The molecular weight excluding hydrogens is 450 g/mol. The molecule has 1 aliphatic carbocycles. The smallest absolute Gasteiger partial charge is 0.164 e. The van der Waals surface area contributed by atoms with Gasteiger partial charge in [0.05, 0.1) is 27.0 Å². The van der Waals surface area contributed by atoms with Crippen molar-refractivity contribution in [1.82, 2.24) is 10.3 Å². The molecule has 1 saturated heterocycles. The van der Waals surface area contributed by atoms with Crippen molar-refractivity contribution < 1.29 is 14.2 Å². The minimum absolute atomic E-state index is 0.442. The van der Waals surface area contributed by atoms with Crippen LogP contribution < -0.4 is 24.4 Å². The fourth-order valence-electron chi connectivity index (χ4n) is 5.51. The lowest BCUT2D eigenvalue weighted by atomic mass is 9.78. The molecular formula is C30H37N3O3. The van der Waals surface area contributed by atoms with Crippen LogP contribution in [0.15, 0.2) is 54.9 Å². The number of nitrogens with one attached hydrogen (secondary N) is 1. The predicted molar refractivity (Wildman–Crippen MR) is 144 cm³/mol. The van der Waals surface area contributed by atoms with Gasteiger partial charge in [-0.25, -0.2) is 0 Å². The van der Waals surface area contributed by atoms with E-state index in [-0.39, 0.29) is 0 Å². The summed E-state index contributed by atoms with van der Waals surface area (Å²) in [5, 5.41) is 3.50. The second-order valence-electron chi connectivity index (χ2n) is 9.79. The summed E-state index contributed by atoms with van der Waals surface area (Å²) in [6.07, 6.45) is 9.81. The highest BCUT2D eigenvalue weighted by atomic mass is 16.5. The van der Waals surface area contributed by atoms with Gasteiger partial charge in [-0.1, -0.05) is 18.6 Å². The van der Waals surface area contributed by atoms with E-state index in [1.54, 1.807) is 21.3 Å². The molecule has 0 unspecified atom stereocenters. The third-order valence-corrected chi connectivity index (χ3v) is 7.68. The number of hydrogen-bond donors (Lipinski definition) is 1. The van der Waals surface area contributed by atoms with Crippen LogP contribution in [-0.2, 0) is 6.54 Å². The first-order valence-electron chi connectivity index (χ1n) is 13.0. The fourth-order valence-corrected chi connectivity index (χ4v) is 5.51. The average molecular weight is 488 g/mol. The Morgan fingerprint density at radius 3 is 2.33 bits per heavy atom. The van der Waals surface area contributed by atoms with Crippen molar-refractivity contribution >= 4 is 5.69 Å². The highest BCUT2D eigenvalue weighted by molar-refractivity contribution is 5.70. The molecule has 1 saturated carbocycles. The first-order valence-corrected chi connectivity index (χ1v) is 13.0. The number of hydrogen-bond acceptors (Lipinski definition) is 6. The molecule has 2 aromatic carbocycles. The van der Waals surface area contributed by atoms with Crippen LogP contribution in [0.1, 0.15) is 49.1 Å². The molecule has 1 aliphatic heterocycles. The highest BCUT2D eigenvalue weighted by Crippen LogP contribution is 2.46. The molecule has 3 aromatic rings. The number of piperidine rings is 1. The van der Waals surface area contributed by atoms with Gasteiger partial charge in [0.25, 0.3) is 0 Å². The van der Waals surface area contributed by atoms with E-state index in [0.717, 1.165) is 66.5 Å². The fraction of sp³-hybridized carbons (Fsp3) is 0.433. The molecule has 2 fully saturated rings. The zero-order valence-corrected chi connectivity index (χ0v) is 21.6. The quantitative estimate of drug-likeness (QED) is 0.412. The average Bonchev–Trinajstić information content (AvgIpc) is 2.91. The minimum Gasteiger partial charge on any atom is -0.495 e. The largest absolute Gasteiger partial charge is 0.495 e. The third kappa shape index (κ3) is 5.00. The lowest BCUT2D eigenvalue weighted by Crippen LogP contribution is -2.43. The SMILES string of the molecule is COc1ccccc1N(Cc1cncc(-c2cc(OC)c(OC)c(C3CCC3)c2)c1)C1CCNCC1. The molecule has 0 radical (unpaired) electrons. The number of aromatic nitrogens is 1. The van der Waals surface area contributed by atoms with Crippen molar-refractivity contribution in [3.63, 3.8) is 0 Å². The summed E-state index contributed by atoms with van der Waals surface area (Å²) in [7, 11) is 5.19. The number of ether oxygens (including phenoxy) is 3. The number of pyridine rings is 1. The molecule has 1 aromatic heterocycles. The van der Waals surface area contributed by atoms with Gasteiger partial charge >= 0.3 is 0 Å². The number of benzene rings is 2. The van der Waals surface area contributed by atoms with Gasteiger partial charge in [0.2, 0.25) is 0 Å². The summed E-state index contributed by atoms with van der Waals surface area (Å²) in [5.74, 6) is 3.09. The maximum atomic E-state index is 5.77. The minimum atomic E-state index is 0.442. The molecule has 0 amide bonds. The van der Waals surface area contributed by atoms with Crippen LogP contribution >= 0.6 is 0 Å². The molecule has 36 heavy (non-hydrogen) atoms. The van der Waals surface area contributed by atoms with E-state index >= 15 is 0 Å². The van der Waals surface area contributed by atoms with Gasteiger partial charge in [-0.05, 0) is 86.1 Å². The Hall–Kier alpha value is -3.25. The van der Waals surface area contributed by atoms with Gasteiger partial charge in [-0.15, -0.1) is 0 Å². The molecule has 0 spiro atoms. The van der Waals surface area contributed by atoms with Gasteiger partial charge in [-0.3, -0.25) is 4.98 Å². The lowest BCUT2D eigenvalue weighted by Gasteiger charge is -2.37. The van der Waals surface area contributed by atoms with Crippen LogP contribution in [0.4, 0.5) is 5.69 Å². The van der Waals surface area contributed by atoms with E-state index in [9.17, 15) is 0 Å². The molecule has 2 aliphatic rings. The Labute approximate surface area is 214 Å². The zero-order valence-electron chi connectivity index (χ0n) is 21.6. The van der Waals surface area contributed by atoms with Crippen LogP contribution in [0.25, 0.3) is 11.1 Å². The van der Waals surface area contributed by atoms with Gasteiger partial charge in [0, 0.05) is 36.1 Å². The van der Waals surface area contributed by atoms with E-state index in [1.807, 2.05) is 24.5 Å². The van der Waals surface area contributed by atoms with E-state index < -0.39 is 0 Å². The van der Waals surface area contributed by atoms with Gasteiger partial charge < -0.3 is 24.4 Å². The van der Waals surface area contributed by atoms with Crippen molar-refractivity contribution in [3.05, 3.63) is 66.0 Å². The van der Waals surface area contributed by atoms with Crippen molar-refractivity contribution in [2.45, 2.75) is 50.6 Å². The molecule has 190 valence electrons. The number of methoxy groups -OCH3 is 3. The van der Waals surface area contributed by atoms with Gasteiger partial charge in [-0.2, -0.15) is 0 Å². The van der Waals surface area contributed by atoms with Gasteiger partial charge in [0.15, 0.2) is 11.5 Å². The molecule has 5 rings (SSSR count). The Bertz CT molecular complexity index is 1170. The monoisotopic (exact) mass is 487 g/mol. The topological polar surface area (TPSA) is 55.9 Å². The zero-order chi connectivity index (χ0) is 24.9. The summed E-state index contributed by atoms with van der Waals surface area (Å²) in [4.78, 5) is 7.15. The summed E-state index contributed by atoms with van der Waals surface area (Å²) in [6, 6.07) is 15.4. The summed E-state index contributed by atoms with van der Waals surface area (Å²) >= 11 is 0. The molecule has 1 N–H and O–H groups in total. The Morgan fingerprint density at radius 2 is 1.64 bits per heavy atom. The third-order valence-electron chi connectivity index (χ3n) is 7.68. The van der Waals surface area contributed by atoms with E-state index in [1.165, 1.54) is 30.4 Å². The number of para-hydroxylation sites is 2. The summed E-state index contributed by atoms with van der Waals surface area (Å²) in [5.41, 5.74) is 5.77. The predicted octanol–water partition coefficient (Wildman–Crippen LogP) is 5.80. The second-order valence-corrected chi connectivity index (χ2v) is 9.79. The summed E-state index contributed by atoms with van der Waals surface area (Å²) in [6.45, 7) is 2.84. The van der Waals surface area contributed by atoms with E-state index in [0.29, 0.717) is 12.0 Å². The molecule has 0 atom stereocenters. The second kappa shape index (κ2) is 11.2. The molecule has 6 heteroatoms. The van der Waals surface area contributed by atoms with Crippen LogP contribution in [0.3, 0.4) is 0 Å². The summed E-state index contributed by atoms with van der Waals surface area (Å²) < 4.78 is 17.3. The normalized spacial score (nSPS) is 16.3. The van der Waals surface area contributed by atoms with Crippen molar-refractivity contribution in [2.24, 2.45) is 0 Å². The molecule has 2 heterocycles. The van der Waals surface area contributed by atoms with Gasteiger partial charge in [0.1, 0.15) is 5.75 Å². The van der Waals surface area contributed by atoms with Crippen molar-refractivity contribution in [1.29, 1.82) is 0 Å². The maximum absolute atomic E-state index is 5.77. The first-order chi connectivity index (χ1) is 17.7. The Balaban J connectivity index is 1.49. The highest BCUT2D eigenvalue weighted by Gasteiger charge is 2.27. The van der Waals surface area contributed by atoms with Crippen molar-refractivity contribution in [3.8, 4) is 28.4 Å². The van der Waals surface area contributed by atoms with Crippen LogP contribution in [0.2, 0.25) is 0 Å². The first kappa shape index (κ1) is 24.4. The Morgan fingerprint density at radius 1 is 0.861 bits per heavy atom. The van der Waals surface area contributed by atoms with E-state index in [4.69, 9.17) is 14.2 Å². The van der Waals surface area contributed by atoms with Crippen LogP contribution in [0, 0.1) is 0 Å². The van der Waals surface area contributed by atoms with E-state index in [2.05, 4.69) is 45.5 Å². The number of nitrogens with zero attached hydrogens (tertiary/aromatic N) is 2. The standard InChI is InChI=1S/C30H37N3O3/c1-34-28-10-5-4-9-27(28)33(25-11-13-31-14-12-25)20-21-15-24(19-32-18-21)23-16-26(22-7-6-8-22)30(36-3)29(17-23)35-2/h4-5,9-10,15-19,22,25,31H,6-8,11-14,20H2,1-3H3. The number of rotatable bonds is 9. The van der Waals surface area contributed by atoms with Crippen LogP contribution in [0.5, 0.6) is 17.2 Å². The van der Waals surface area contributed by atoms with Crippen molar-refractivity contribution in [2.75, 3.05) is 39.3 Å².